The lowest BCUT2D eigenvalue weighted by atomic mass is 10.1. The van der Waals surface area contributed by atoms with Crippen LogP contribution in [0.25, 0.3) is 11.0 Å². The third kappa shape index (κ3) is 5.91. The van der Waals surface area contributed by atoms with Gasteiger partial charge < -0.3 is 28.1 Å². The number of carbonyl (C=O) groups is 1. The van der Waals surface area contributed by atoms with E-state index in [2.05, 4.69) is 6.92 Å². The summed E-state index contributed by atoms with van der Waals surface area (Å²) in [4.78, 5) is 26.0. The van der Waals surface area contributed by atoms with Crippen molar-refractivity contribution in [3.63, 3.8) is 0 Å². The number of fused-ring (bicyclic) bond motifs is 1. The summed E-state index contributed by atoms with van der Waals surface area (Å²) in [6.45, 7) is 8.75. The highest BCUT2D eigenvalue weighted by Gasteiger charge is 2.20. The zero-order valence-corrected chi connectivity index (χ0v) is 21.9. The Balaban J connectivity index is 1.58. The maximum atomic E-state index is 13.0. The molecule has 3 aromatic carbocycles. The molecule has 4 aromatic rings. The van der Waals surface area contributed by atoms with Crippen LogP contribution in [0, 0.1) is 0 Å². The first-order valence-corrected chi connectivity index (χ1v) is 12.6. The first kappa shape index (κ1) is 26.6. The Morgan fingerprint density at radius 1 is 0.763 bits per heavy atom. The number of rotatable bonds is 11. The number of ether oxygens (including phenoxy) is 5. The Morgan fingerprint density at radius 2 is 1.39 bits per heavy atom. The quantitative estimate of drug-likeness (QED) is 0.163. The van der Waals surface area contributed by atoms with Gasteiger partial charge in [0.2, 0.25) is 16.9 Å². The SMILES string of the molecule is CCOc1cc(C(=O)Oc2ccc3c(=O)c(Oc4ccc(CC)cc4)coc3c2)cc(OCC)c1OCC. The minimum atomic E-state index is -0.632. The highest BCUT2D eigenvalue weighted by molar-refractivity contribution is 5.93. The topological polar surface area (TPSA) is 93.4 Å². The molecule has 0 aliphatic heterocycles. The predicted molar refractivity (Wildman–Crippen MR) is 143 cm³/mol. The molecule has 8 nitrogen and oxygen atoms in total. The van der Waals surface area contributed by atoms with Gasteiger partial charge in [0.05, 0.1) is 30.8 Å². The number of benzene rings is 3. The van der Waals surface area contributed by atoms with Gasteiger partial charge in [-0.2, -0.15) is 0 Å². The first-order valence-electron chi connectivity index (χ1n) is 12.6. The van der Waals surface area contributed by atoms with E-state index in [1.807, 2.05) is 32.9 Å². The van der Waals surface area contributed by atoms with E-state index in [9.17, 15) is 9.59 Å². The fraction of sp³-hybridized carbons (Fsp3) is 0.267. The van der Waals surface area contributed by atoms with Gasteiger partial charge in [-0.25, -0.2) is 4.79 Å². The second-order valence-corrected chi connectivity index (χ2v) is 8.18. The van der Waals surface area contributed by atoms with E-state index in [0.717, 1.165) is 6.42 Å². The van der Waals surface area contributed by atoms with Crippen LogP contribution >= 0.6 is 0 Å². The number of carbonyl (C=O) groups excluding carboxylic acids is 1. The molecule has 0 fully saturated rings. The lowest BCUT2D eigenvalue weighted by molar-refractivity contribution is 0.0733. The van der Waals surface area contributed by atoms with Gasteiger partial charge in [0.15, 0.2) is 11.5 Å². The molecule has 0 unspecified atom stereocenters. The molecule has 0 radical (unpaired) electrons. The molecule has 1 heterocycles. The fourth-order valence-corrected chi connectivity index (χ4v) is 3.82. The van der Waals surface area contributed by atoms with Gasteiger partial charge >= 0.3 is 5.97 Å². The lowest BCUT2D eigenvalue weighted by Gasteiger charge is -2.16. The van der Waals surface area contributed by atoms with E-state index in [0.29, 0.717) is 48.2 Å². The normalized spacial score (nSPS) is 10.7. The molecule has 1 aromatic heterocycles. The molecule has 8 heteroatoms. The van der Waals surface area contributed by atoms with Crippen LogP contribution in [0.1, 0.15) is 43.6 Å². The van der Waals surface area contributed by atoms with E-state index in [-0.39, 0.29) is 28.1 Å². The van der Waals surface area contributed by atoms with Crippen LogP contribution in [0.4, 0.5) is 0 Å². The molecule has 0 bridgehead atoms. The zero-order valence-electron chi connectivity index (χ0n) is 21.9. The van der Waals surface area contributed by atoms with Gasteiger partial charge in [-0.05, 0) is 69.2 Å². The van der Waals surface area contributed by atoms with E-state index < -0.39 is 5.97 Å². The van der Waals surface area contributed by atoms with Crippen molar-refractivity contribution < 1.29 is 32.9 Å². The van der Waals surface area contributed by atoms with Crippen LogP contribution < -0.4 is 29.1 Å². The second-order valence-electron chi connectivity index (χ2n) is 8.18. The molecule has 0 amide bonds. The first-order chi connectivity index (χ1) is 18.5. The van der Waals surface area contributed by atoms with Crippen molar-refractivity contribution in [2.24, 2.45) is 0 Å². The van der Waals surface area contributed by atoms with Crippen LogP contribution in [-0.4, -0.2) is 25.8 Å². The van der Waals surface area contributed by atoms with Crippen molar-refractivity contribution >= 4 is 16.9 Å². The predicted octanol–water partition coefficient (Wildman–Crippen LogP) is 6.56. The van der Waals surface area contributed by atoms with Crippen LogP contribution in [0.15, 0.2) is 70.1 Å². The number of esters is 1. The second kappa shape index (κ2) is 12.2. The maximum Gasteiger partial charge on any atom is 0.343 e. The third-order valence-corrected chi connectivity index (χ3v) is 5.63. The highest BCUT2D eigenvalue weighted by Crippen LogP contribution is 2.39. The fourth-order valence-electron chi connectivity index (χ4n) is 3.82. The van der Waals surface area contributed by atoms with Gasteiger partial charge in [0, 0.05) is 6.07 Å². The van der Waals surface area contributed by atoms with E-state index in [4.69, 9.17) is 28.1 Å². The standard InChI is InChI=1S/C30H30O8/c1-5-19-9-11-21(12-10-19)37-27-18-36-24-17-22(13-14-23(24)28(27)31)38-30(32)20-15-25(33-6-2)29(35-8-4)26(16-20)34-7-3/h9-18H,5-8H2,1-4H3. The zero-order chi connectivity index (χ0) is 27.1. The Hall–Kier alpha value is -4.46. The summed E-state index contributed by atoms with van der Waals surface area (Å²) in [5.41, 5.74) is 1.31. The number of hydrogen-bond donors (Lipinski definition) is 0. The summed E-state index contributed by atoms with van der Waals surface area (Å²) in [7, 11) is 0. The Bertz CT molecular complexity index is 1440. The van der Waals surface area contributed by atoms with Crippen LogP contribution in [0.5, 0.6) is 34.5 Å². The van der Waals surface area contributed by atoms with Gasteiger partial charge in [-0.15, -0.1) is 0 Å². The summed E-state index contributed by atoms with van der Waals surface area (Å²) in [5, 5.41) is 0.297. The Labute approximate surface area is 220 Å². The van der Waals surface area contributed by atoms with Crippen molar-refractivity contribution in [1.82, 2.24) is 0 Å². The molecule has 0 atom stereocenters. The summed E-state index contributed by atoms with van der Waals surface area (Å²) in [5.74, 6) is 1.37. The van der Waals surface area contributed by atoms with Crippen molar-refractivity contribution in [2.75, 3.05) is 19.8 Å². The van der Waals surface area contributed by atoms with Gasteiger partial charge in [0.1, 0.15) is 23.3 Å². The van der Waals surface area contributed by atoms with Crippen molar-refractivity contribution in [1.29, 1.82) is 0 Å². The third-order valence-electron chi connectivity index (χ3n) is 5.63. The van der Waals surface area contributed by atoms with Crippen LogP contribution in [0.2, 0.25) is 0 Å². The Kier molecular flexibility index (Phi) is 8.53. The minimum Gasteiger partial charge on any atom is -0.490 e. The van der Waals surface area contributed by atoms with Gasteiger partial charge in [-0.3, -0.25) is 4.79 Å². The van der Waals surface area contributed by atoms with Crippen molar-refractivity contribution in [3.05, 3.63) is 82.2 Å². The average Bonchev–Trinajstić information content (AvgIpc) is 2.92. The summed E-state index contributed by atoms with van der Waals surface area (Å²) in [6.07, 6.45) is 2.16. The molecule has 0 spiro atoms. The smallest absolute Gasteiger partial charge is 0.343 e. The summed E-state index contributed by atoms with van der Waals surface area (Å²) in [6, 6.07) is 15.1. The van der Waals surface area contributed by atoms with Crippen LogP contribution in [-0.2, 0) is 6.42 Å². The molecule has 198 valence electrons. The molecule has 0 N–H and O–H groups in total. The highest BCUT2D eigenvalue weighted by atomic mass is 16.5. The summed E-state index contributed by atoms with van der Waals surface area (Å²) < 4.78 is 34.0. The Morgan fingerprint density at radius 3 is 2.00 bits per heavy atom. The molecule has 0 aliphatic carbocycles. The van der Waals surface area contributed by atoms with E-state index >= 15 is 0 Å². The molecular weight excluding hydrogens is 488 g/mol. The van der Waals surface area contributed by atoms with E-state index in [1.54, 1.807) is 24.3 Å². The van der Waals surface area contributed by atoms with Crippen LogP contribution in [0.3, 0.4) is 0 Å². The molecule has 0 saturated heterocycles. The van der Waals surface area contributed by atoms with Gasteiger partial charge in [0.25, 0.3) is 0 Å². The largest absolute Gasteiger partial charge is 0.490 e. The molecular formula is C30H30O8. The van der Waals surface area contributed by atoms with Gasteiger partial charge in [-0.1, -0.05) is 19.1 Å². The van der Waals surface area contributed by atoms with E-state index in [1.165, 1.54) is 30.0 Å². The monoisotopic (exact) mass is 518 g/mol. The number of hydrogen-bond acceptors (Lipinski definition) is 8. The maximum absolute atomic E-state index is 13.0. The molecule has 0 aliphatic rings. The lowest BCUT2D eigenvalue weighted by Crippen LogP contribution is -2.11. The molecule has 0 saturated carbocycles. The number of aryl methyl sites for hydroxylation is 1. The van der Waals surface area contributed by atoms with Crippen molar-refractivity contribution in [3.8, 4) is 34.5 Å². The summed E-state index contributed by atoms with van der Waals surface area (Å²) >= 11 is 0. The molecule has 4 rings (SSSR count). The van der Waals surface area contributed by atoms with Crippen molar-refractivity contribution in [2.45, 2.75) is 34.1 Å². The minimum absolute atomic E-state index is 0.0628. The molecule has 38 heavy (non-hydrogen) atoms. The average molecular weight is 519 g/mol.